The van der Waals surface area contributed by atoms with Crippen LogP contribution in [-0.4, -0.2) is 48.4 Å². The summed E-state index contributed by atoms with van der Waals surface area (Å²) < 4.78 is 5.46. The largest absolute Gasteiger partial charge is 0.496 e. The fraction of sp³-hybridized carbons (Fsp3) is 0.476. The lowest BCUT2D eigenvalue weighted by molar-refractivity contribution is 0.245. The van der Waals surface area contributed by atoms with Crippen LogP contribution >= 0.6 is 0 Å². The molecule has 0 bridgehead atoms. The van der Waals surface area contributed by atoms with Crippen LogP contribution in [0.3, 0.4) is 0 Å². The molecule has 1 aromatic heterocycles. The van der Waals surface area contributed by atoms with Crippen LogP contribution in [0.4, 0.5) is 5.82 Å². The minimum absolute atomic E-state index is 0.697. The lowest BCUT2D eigenvalue weighted by Gasteiger charge is -2.36. The molecule has 1 aliphatic heterocycles. The zero-order valence-electron chi connectivity index (χ0n) is 16.4. The Morgan fingerprint density at radius 2 is 1.81 bits per heavy atom. The van der Waals surface area contributed by atoms with Crippen molar-refractivity contribution in [3.63, 3.8) is 0 Å². The van der Waals surface area contributed by atoms with Gasteiger partial charge in [0.25, 0.3) is 0 Å². The molecule has 2 aromatic rings. The predicted octanol–water partition coefficient (Wildman–Crippen LogP) is 2.80. The molecule has 2 heterocycles. The van der Waals surface area contributed by atoms with E-state index in [9.17, 15) is 5.26 Å². The van der Waals surface area contributed by atoms with Gasteiger partial charge in [0.1, 0.15) is 17.4 Å². The molecule has 0 aliphatic carbocycles. The van der Waals surface area contributed by atoms with Gasteiger partial charge in [0.05, 0.1) is 12.8 Å². The number of nitrogens with zero attached hydrogens (tertiary/aromatic N) is 5. The first-order chi connectivity index (χ1) is 13.2. The molecule has 1 aromatic carbocycles. The lowest BCUT2D eigenvalue weighted by atomic mass is 10.0. The molecule has 0 unspecified atom stereocenters. The first kappa shape index (κ1) is 19.1. The van der Waals surface area contributed by atoms with Crippen molar-refractivity contribution in [2.24, 2.45) is 0 Å². The van der Waals surface area contributed by atoms with E-state index in [4.69, 9.17) is 4.74 Å². The van der Waals surface area contributed by atoms with Gasteiger partial charge in [0.2, 0.25) is 0 Å². The van der Waals surface area contributed by atoms with Crippen molar-refractivity contribution < 1.29 is 4.74 Å². The van der Waals surface area contributed by atoms with E-state index in [0.717, 1.165) is 68.4 Å². The van der Waals surface area contributed by atoms with Crippen LogP contribution in [0.2, 0.25) is 0 Å². The van der Waals surface area contributed by atoms with E-state index >= 15 is 0 Å². The van der Waals surface area contributed by atoms with Crippen molar-refractivity contribution in [1.82, 2.24) is 15.1 Å². The second-order valence-electron chi connectivity index (χ2n) is 6.72. The van der Waals surface area contributed by atoms with Crippen LogP contribution in [-0.2, 0) is 19.4 Å². The van der Waals surface area contributed by atoms with Gasteiger partial charge in [0.15, 0.2) is 5.82 Å². The van der Waals surface area contributed by atoms with E-state index in [1.807, 2.05) is 18.2 Å². The van der Waals surface area contributed by atoms with Crippen molar-refractivity contribution >= 4 is 5.82 Å². The normalized spacial score (nSPS) is 14.8. The molecule has 3 rings (SSSR count). The van der Waals surface area contributed by atoms with Crippen LogP contribution in [0.25, 0.3) is 0 Å². The van der Waals surface area contributed by atoms with Crippen molar-refractivity contribution in [3.05, 3.63) is 46.6 Å². The van der Waals surface area contributed by atoms with E-state index in [2.05, 4.69) is 46.0 Å². The van der Waals surface area contributed by atoms with Crippen molar-refractivity contribution in [3.8, 4) is 11.8 Å². The van der Waals surface area contributed by atoms with Crippen LogP contribution in [0.5, 0.6) is 5.75 Å². The fourth-order valence-electron chi connectivity index (χ4n) is 3.69. The predicted molar refractivity (Wildman–Crippen MR) is 106 cm³/mol. The average molecular weight is 365 g/mol. The molecule has 6 nitrogen and oxygen atoms in total. The summed E-state index contributed by atoms with van der Waals surface area (Å²) in [4.78, 5) is 4.61. The Labute approximate surface area is 161 Å². The summed E-state index contributed by atoms with van der Waals surface area (Å²) in [6.45, 7) is 8.51. The second-order valence-corrected chi connectivity index (χ2v) is 6.72. The molecule has 142 valence electrons. The van der Waals surface area contributed by atoms with Gasteiger partial charge in [0, 0.05) is 38.3 Å². The Bertz CT molecular complexity index is 822. The molecule has 0 amide bonds. The van der Waals surface area contributed by atoms with Crippen LogP contribution in [0.1, 0.15) is 36.2 Å². The van der Waals surface area contributed by atoms with Gasteiger partial charge in [-0.15, -0.1) is 5.10 Å². The number of hydrogen-bond donors (Lipinski definition) is 0. The molecule has 1 aliphatic rings. The SMILES string of the molecule is CCc1nnc(N2CCN(Cc3ccccc3OC)CC2)c(C#N)c1CC. The average Bonchev–Trinajstić information content (AvgIpc) is 2.73. The number of aryl methyl sites for hydroxylation is 1. The maximum atomic E-state index is 9.72. The fourth-order valence-corrected chi connectivity index (χ4v) is 3.69. The molecule has 1 fully saturated rings. The zero-order chi connectivity index (χ0) is 19.2. The van der Waals surface area contributed by atoms with Gasteiger partial charge in [-0.05, 0) is 24.5 Å². The smallest absolute Gasteiger partial charge is 0.169 e. The van der Waals surface area contributed by atoms with Crippen molar-refractivity contribution in [2.45, 2.75) is 33.2 Å². The second kappa shape index (κ2) is 8.83. The number of hydrogen-bond acceptors (Lipinski definition) is 6. The summed E-state index contributed by atoms with van der Waals surface area (Å²) in [7, 11) is 1.71. The number of para-hydroxylation sites is 1. The highest BCUT2D eigenvalue weighted by atomic mass is 16.5. The number of aromatic nitrogens is 2. The van der Waals surface area contributed by atoms with Gasteiger partial charge in [-0.25, -0.2) is 0 Å². The molecule has 6 heteroatoms. The summed E-state index contributed by atoms with van der Waals surface area (Å²) in [5.74, 6) is 1.67. The highest BCUT2D eigenvalue weighted by Gasteiger charge is 2.24. The van der Waals surface area contributed by atoms with Crippen LogP contribution in [0.15, 0.2) is 24.3 Å². The topological polar surface area (TPSA) is 65.3 Å². The van der Waals surface area contributed by atoms with Gasteiger partial charge in [-0.2, -0.15) is 10.4 Å². The lowest BCUT2D eigenvalue weighted by Crippen LogP contribution is -2.46. The summed E-state index contributed by atoms with van der Waals surface area (Å²) in [5, 5.41) is 18.5. The van der Waals surface area contributed by atoms with Crippen molar-refractivity contribution in [2.75, 3.05) is 38.2 Å². The van der Waals surface area contributed by atoms with Gasteiger partial charge in [-0.3, -0.25) is 4.90 Å². The van der Waals surface area contributed by atoms with Crippen molar-refractivity contribution in [1.29, 1.82) is 5.26 Å². The Kier molecular flexibility index (Phi) is 6.25. The first-order valence-corrected chi connectivity index (χ1v) is 9.59. The molecule has 0 spiro atoms. The van der Waals surface area contributed by atoms with E-state index < -0.39 is 0 Å². The molecule has 0 saturated carbocycles. The van der Waals surface area contributed by atoms with Gasteiger partial charge < -0.3 is 9.64 Å². The highest BCUT2D eigenvalue weighted by Crippen LogP contribution is 2.25. The minimum atomic E-state index is 0.697. The molecule has 0 atom stereocenters. The number of anilines is 1. The maximum absolute atomic E-state index is 9.72. The number of rotatable bonds is 6. The number of piperazine rings is 1. The number of benzene rings is 1. The molecule has 0 radical (unpaired) electrons. The van der Waals surface area contributed by atoms with Crippen LogP contribution in [0, 0.1) is 11.3 Å². The Balaban J connectivity index is 1.72. The Morgan fingerprint density at radius 1 is 1.07 bits per heavy atom. The van der Waals surface area contributed by atoms with E-state index in [1.54, 1.807) is 7.11 Å². The molecular weight excluding hydrogens is 338 g/mol. The number of methoxy groups -OCH3 is 1. The zero-order valence-corrected chi connectivity index (χ0v) is 16.4. The molecular formula is C21H27N5O. The van der Waals surface area contributed by atoms with E-state index in [-0.39, 0.29) is 0 Å². The maximum Gasteiger partial charge on any atom is 0.169 e. The molecule has 1 saturated heterocycles. The highest BCUT2D eigenvalue weighted by molar-refractivity contribution is 5.58. The van der Waals surface area contributed by atoms with Gasteiger partial charge in [-0.1, -0.05) is 32.0 Å². The van der Waals surface area contributed by atoms with E-state index in [0.29, 0.717) is 5.56 Å². The van der Waals surface area contributed by atoms with Crippen LogP contribution < -0.4 is 9.64 Å². The standard InChI is InChI=1S/C21H27N5O/c1-4-17-18(14-22)21(24-23-19(17)5-2)26-12-10-25(11-13-26)15-16-8-6-7-9-20(16)27-3/h6-9H,4-5,10-13,15H2,1-3H3. The summed E-state index contributed by atoms with van der Waals surface area (Å²) in [6, 6.07) is 10.5. The van der Waals surface area contributed by atoms with Gasteiger partial charge >= 0.3 is 0 Å². The third-order valence-corrected chi connectivity index (χ3v) is 5.20. The minimum Gasteiger partial charge on any atom is -0.496 e. The quantitative estimate of drug-likeness (QED) is 0.784. The third kappa shape index (κ3) is 4.04. The number of ether oxygens (including phenoxy) is 1. The summed E-state index contributed by atoms with van der Waals surface area (Å²) in [6.07, 6.45) is 1.61. The Morgan fingerprint density at radius 3 is 2.44 bits per heavy atom. The summed E-state index contributed by atoms with van der Waals surface area (Å²) in [5.41, 5.74) is 3.88. The third-order valence-electron chi connectivity index (χ3n) is 5.20. The molecule has 27 heavy (non-hydrogen) atoms. The Hall–Kier alpha value is -2.65. The summed E-state index contributed by atoms with van der Waals surface area (Å²) >= 11 is 0. The van der Waals surface area contributed by atoms with E-state index in [1.165, 1.54) is 5.56 Å². The number of nitriles is 1. The first-order valence-electron chi connectivity index (χ1n) is 9.59. The molecule has 0 N–H and O–H groups in total. The monoisotopic (exact) mass is 365 g/mol.